The smallest absolute Gasteiger partial charge is 0.335 e. The Morgan fingerprint density at radius 1 is 1.33 bits per heavy atom. The minimum Gasteiger partial charge on any atom is -0.478 e. The van der Waals surface area contributed by atoms with E-state index in [0.717, 1.165) is 6.42 Å². The van der Waals surface area contributed by atoms with Crippen molar-refractivity contribution in [3.8, 4) is 0 Å². The molecule has 18 heavy (non-hydrogen) atoms. The van der Waals surface area contributed by atoms with Crippen molar-refractivity contribution in [2.75, 3.05) is 11.9 Å². The van der Waals surface area contributed by atoms with E-state index in [2.05, 4.69) is 5.32 Å². The van der Waals surface area contributed by atoms with E-state index >= 15 is 0 Å². The first-order valence-electron chi connectivity index (χ1n) is 5.57. The van der Waals surface area contributed by atoms with Crippen molar-refractivity contribution in [2.45, 2.75) is 19.3 Å². The Morgan fingerprint density at radius 3 is 2.67 bits per heavy atom. The number of rotatable bonds is 6. The third-order valence-corrected chi connectivity index (χ3v) is 2.67. The van der Waals surface area contributed by atoms with E-state index in [1.54, 1.807) is 0 Å². The zero-order valence-electron chi connectivity index (χ0n) is 9.78. The molecule has 1 amide bonds. The van der Waals surface area contributed by atoms with Gasteiger partial charge >= 0.3 is 5.97 Å². The van der Waals surface area contributed by atoms with Crippen LogP contribution in [-0.4, -0.2) is 23.5 Å². The van der Waals surface area contributed by atoms with Gasteiger partial charge in [-0.1, -0.05) is 11.6 Å². The molecular formula is C12H15ClN2O3. The molecule has 1 aromatic carbocycles. The summed E-state index contributed by atoms with van der Waals surface area (Å²) < 4.78 is 0. The van der Waals surface area contributed by atoms with E-state index in [1.807, 2.05) is 0 Å². The minimum absolute atomic E-state index is 0.0802. The highest BCUT2D eigenvalue weighted by molar-refractivity contribution is 6.33. The second-order valence-electron chi connectivity index (χ2n) is 3.79. The number of hydrogen-bond donors (Lipinski definition) is 3. The van der Waals surface area contributed by atoms with Crippen molar-refractivity contribution in [1.82, 2.24) is 0 Å². The zero-order valence-corrected chi connectivity index (χ0v) is 10.5. The van der Waals surface area contributed by atoms with Crippen molar-refractivity contribution in [3.63, 3.8) is 0 Å². The van der Waals surface area contributed by atoms with Crippen LogP contribution in [0.5, 0.6) is 0 Å². The van der Waals surface area contributed by atoms with E-state index in [4.69, 9.17) is 22.4 Å². The molecule has 0 aromatic heterocycles. The Bertz CT molecular complexity index is 449. The molecule has 0 heterocycles. The van der Waals surface area contributed by atoms with Gasteiger partial charge in [-0.25, -0.2) is 4.79 Å². The molecule has 0 aliphatic heterocycles. The van der Waals surface area contributed by atoms with Gasteiger partial charge in [0.15, 0.2) is 0 Å². The minimum atomic E-state index is -1.06. The van der Waals surface area contributed by atoms with Crippen LogP contribution < -0.4 is 11.1 Å². The van der Waals surface area contributed by atoms with E-state index in [-0.39, 0.29) is 11.5 Å². The summed E-state index contributed by atoms with van der Waals surface area (Å²) in [5, 5.41) is 11.7. The molecule has 6 heteroatoms. The molecule has 0 radical (unpaired) electrons. The summed E-state index contributed by atoms with van der Waals surface area (Å²) in [5.74, 6) is -1.27. The van der Waals surface area contributed by atoms with Crippen LogP contribution in [0, 0.1) is 0 Å². The summed E-state index contributed by atoms with van der Waals surface area (Å²) in [6.45, 7) is 0.544. The Balaban J connectivity index is 2.68. The summed E-state index contributed by atoms with van der Waals surface area (Å²) in [6.07, 6.45) is 1.81. The summed E-state index contributed by atoms with van der Waals surface area (Å²) in [5.41, 5.74) is 5.72. The van der Waals surface area contributed by atoms with Crippen LogP contribution in [0.2, 0.25) is 5.02 Å². The second kappa shape index (κ2) is 6.98. The Labute approximate surface area is 110 Å². The van der Waals surface area contributed by atoms with E-state index in [1.165, 1.54) is 18.2 Å². The van der Waals surface area contributed by atoms with Gasteiger partial charge in [-0.05, 0) is 37.6 Å². The number of amides is 1. The fourth-order valence-corrected chi connectivity index (χ4v) is 1.56. The summed E-state index contributed by atoms with van der Waals surface area (Å²) in [6, 6.07) is 4.17. The van der Waals surface area contributed by atoms with Crippen LogP contribution in [0.15, 0.2) is 18.2 Å². The van der Waals surface area contributed by atoms with Crippen molar-refractivity contribution in [3.05, 3.63) is 28.8 Å². The molecule has 5 nitrogen and oxygen atoms in total. The van der Waals surface area contributed by atoms with Gasteiger partial charge in [-0.2, -0.15) is 0 Å². The highest BCUT2D eigenvalue weighted by atomic mass is 35.5. The third kappa shape index (κ3) is 4.35. The van der Waals surface area contributed by atoms with Gasteiger partial charge < -0.3 is 16.2 Å². The van der Waals surface area contributed by atoms with Gasteiger partial charge in [0.25, 0.3) is 0 Å². The lowest BCUT2D eigenvalue weighted by Crippen LogP contribution is -2.13. The van der Waals surface area contributed by atoms with Gasteiger partial charge in [-0.3, -0.25) is 4.79 Å². The molecule has 4 N–H and O–H groups in total. The first kappa shape index (κ1) is 14.5. The number of benzene rings is 1. The predicted molar refractivity (Wildman–Crippen MR) is 69.9 cm³/mol. The molecule has 1 aromatic rings. The molecule has 0 aliphatic rings. The standard InChI is InChI=1S/C12H15ClN2O3/c13-9-5-4-8(12(17)18)7-10(9)15-11(16)3-1-2-6-14/h4-5,7H,1-3,6,14H2,(H,15,16)(H,17,18). The molecule has 0 bridgehead atoms. The Morgan fingerprint density at radius 2 is 2.06 bits per heavy atom. The number of nitrogens with one attached hydrogen (secondary N) is 1. The number of anilines is 1. The maximum absolute atomic E-state index is 11.6. The first-order chi connectivity index (χ1) is 8.54. The summed E-state index contributed by atoms with van der Waals surface area (Å²) in [4.78, 5) is 22.4. The van der Waals surface area contributed by atoms with Crippen molar-refractivity contribution < 1.29 is 14.7 Å². The number of carbonyl (C=O) groups excluding carboxylic acids is 1. The topological polar surface area (TPSA) is 92.4 Å². The molecule has 0 fully saturated rings. The lowest BCUT2D eigenvalue weighted by molar-refractivity contribution is -0.116. The van der Waals surface area contributed by atoms with E-state index in [0.29, 0.717) is 30.1 Å². The van der Waals surface area contributed by atoms with Crippen LogP contribution in [-0.2, 0) is 4.79 Å². The van der Waals surface area contributed by atoms with Crippen molar-refractivity contribution >= 4 is 29.2 Å². The second-order valence-corrected chi connectivity index (χ2v) is 4.20. The van der Waals surface area contributed by atoms with E-state index in [9.17, 15) is 9.59 Å². The van der Waals surface area contributed by atoms with Crippen LogP contribution in [0.25, 0.3) is 0 Å². The Hall–Kier alpha value is -1.59. The monoisotopic (exact) mass is 270 g/mol. The number of hydrogen-bond acceptors (Lipinski definition) is 3. The highest BCUT2D eigenvalue weighted by Crippen LogP contribution is 2.23. The third-order valence-electron chi connectivity index (χ3n) is 2.35. The van der Waals surface area contributed by atoms with Crippen LogP contribution >= 0.6 is 11.6 Å². The lowest BCUT2D eigenvalue weighted by Gasteiger charge is -2.08. The summed E-state index contributed by atoms with van der Waals surface area (Å²) >= 11 is 5.88. The van der Waals surface area contributed by atoms with E-state index < -0.39 is 5.97 Å². The number of unbranched alkanes of at least 4 members (excludes halogenated alkanes) is 1. The SMILES string of the molecule is NCCCCC(=O)Nc1cc(C(=O)O)ccc1Cl. The molecule has 0 atom stereocenters. The Kier molecular flexibility index (Phi) is 5.61. The van der Waals surface area contributed by atoms with Crippen molar-refractivity contribution in [2.24, 2.45) is 5.73 Å². The molecule has 0 saturated carbocycles. The molecule has 0 aliphatic carbocycles. The number of carbonyl (C=O) groups is 2. The average molecular weight is 271 g/mol. The highest BCUT2D eigenvalue weighted by Gasteiger charge is 2.09. The lowest BCUT2D eigenvalue weighted by atomic mass is 10.2. The molecule has 1 rings (SSSR count). The maximum Gasteiger partial charge on any atom is 0.335 e. The number of carboxylic acid groups (broad SMARTS) is 1. The zero-order chi connectivity index (χ0) is 13.5. The fourth-order valence-electron chi connectivity index (χ4n) is 1.40. The van der Waals surface area contributed by atoms with Gasteiger partial charge in [-0.15, -0.1) is 0 Å². The molecular weight excluding hydrogens is 256 g/mol. The number of nitrogens with two attached hydrogens (primary N) is 1. The van der Waals surface area contributed by atoms with Crippen LogP contribution in [0.4, 0.5) is 5.69 Å². The largest absolute Gasteiger partial charge is 0.478 e. The fraction of sp³-hybridized carbons (Fsp3) is 0.333. The first-order valence-corrected chi connectivity index (χ1v) is 5.95. The van der Waals surface area contributed by atoms with Gasteiger partial charge in [0, 0.05) is 6.42 Å². The maximum atomic E-state index is 11.6. The van der Waals surface area contributed by atoms with Crippen molar-refractivity contribution in [1.29, 1.82) is 0 Å². The quantitative estimate of drug-likeness (QED) is 0.690. The normalized spacial score (nSPS) is 10.1. The number of aromatic carboxylic acids is 1. The van der Waals surface area contributed by atoms with Gasteiger partial charge in [0.2, 0.25) is 5.91 Å². The number of halogens is 1. The molecule has 0 saturated heterocycles. The molecule has 98 valence electrons. The molecule has 0 spiro atoms. The molecule has 0 unspecified atom stereocenters. The van der Waals surface area contributed by atoms with Crippen LogP contribution in [0.1, 0.15) is 29.6 Å². The van der Waals surface area contributed by atoms with Gasteiger partial charge in [0.05, 0.1) is 16.3 Å². The number of carboxylic acids is 1. The van der Waals surface area contributed by atoms with Gasteiger partial charge in [0.1, 0.15) is 0 Å². The predicted octanol–water partition coefficient (Wildman–Crippen LogP) is 2.11. The average Bonchev–Trinajstić information content (AvgIpc) is 2.32. The van der Waals surface area contributed by atoms with Crippen LogP contribution in [0.3, 0.4) is 0 Å². The summed E-state index contributed by atoms with van der Waals surface area (Å²) in [7, 11) is 0.